The normalized spacial score (nSPS) is 10.8. The third-order valence-electron chi connectivity index (χ3n) is 4.38. The summed E-state index contributed by atoms with van der Waals surface area (Å²) in [4.78, 5) is 11.2. The first kappa shape index (κ1) is 20.8. The molecule has 0 heterocycles. The molecule has 4 nitrogen and oxygen atoms in total. The molecule has 0 amide bonds. The average molecular weight is 483 g/mol. The summed E-state index contributed by atoms with van der Waals surface area (Å²) in [7, 11) is 3.00. The second-order valence-corrected chi connectivity index (χ2v) is 7.66. The van der Waals surface area contributed by atoms with Crippen molar-refractivity contribution >= 4 is 61.6 Å². The van der Waals surface area contributed by atoms with E-state index in [-0.39, 0.29) is 12.4 Å². The van der Waals surface area contributed by atoms with Crippen molar-refractivity contribution in [2.24, 2.45) is 0 Å². The van der Waals surface area contributed by atoms with Gasteiger partial charge in [-0.3, -0.25) is 4.79 Å². The number of methoxy groups -OCH3 is 2. The topological polar surface area (TPSA) is 47.6 Å². The highest BCUT2D eigenvalue weighted by Crippen LogP contribution is 2.43. The van der Waals surface area contributed by atoms with Crippen molar-refractivity contribution < 1.29 is 14.3 Å². The number of carbonyl (C=O) groups excluding carboxylic acids is 1. The Labute approximate surface area is 181 Å². The summed E-state index contributed by atoms with van der Waals surface area (Å²) in [6, 6.07) is 13.4. The van der Waals surface area contributed by atoms with E-state index in [0.717, 1.165) is 37.8 Å². The Morgan fingerprint density at radius 3 is 2.43 bits per heavy atom. The van der Waals surface area contributed by atoms with E-state index in [1.54, 1.807) is 19.2 Å². The molecule has 28 heavy (non-hydrogen) atoms. The van der Waals surface area contributed by atoms with E-state index in [4.69, 9.17) is 27.9 Å². The number of rotatable bonds is 6. The second kappa shape index (κ2) is 9.03. The Morgan fingerprint density at radius 2 is 1.79 bits per heavy atom. The second-order valence-electron chi connectivity index (χ2n) is 6.05. The van der Waals surface area contributed by atoms with Gasteiger partial charge in [0, 0.05) is 23.2 Å². The summed E-state index contributed by atoms with van der Waals surface area (Å²) in [6.45, 7) is 0.430. The van der Waals surface area contributed by atoms with E-state index in [1.807, 2.05) is 30.3 Å². The maximum Gasteiger partial charge on any atom is 0.307 e. The van der Waals surface area contributed by atoms with Crippen molar-refractivity contribution in [3.05, 3.63) is 57.0 Å². The molecule has 7 heteroatoms. The lowest BCUT2D eigenvalue weighted by Crippen LogP contribution is -2.09. The molecular formula is C21H18BrCl2NO3. The van der Waals surface area contributed by atoms with E-state index < -0.39 is 0 Å². The van der Waals surface area contributed by atoms with Gasteiger partial charge >= 0.3 is 5.97 Å². The highest BCUT2D eigenvalue weighted by molar-refractivity contribution is 9.10. The van der Waals surface area contributed by atoms with Crippen LogP contribution in [0.4, 0.5) is 5.69 Å². The molecule has 0 aliphatic carbocycles. The SMILES string of the molecule is COC(=O)CCNc1cc(Cl)c(-c2cccc3c(Br)c(OC)ccc23)c(Cl)c1. The number of esters is 1. The highest BCUT2D eigenvalue weighted by Gasteiger charge is 2.15. The van der Waals surface area contributed by atoms with Gasteiger partial charge in [0.2, 0.25) is 0 Å². The Hall–Kier alpha value is -1.95. The summed E-state index contributed by atoms with van der Waals surface area (Å²) in [5.74, 6) is 0.477. The molecule has 146 valence electrons. The first-order valence-electron chi connectivity index (χ1n) is 8.51. The van der Waals surface area contributed by atoms with E-state index >= 15 is 0 Å². The predicted octanol–water partition coefficient (Wildman–Crippen LogP) is 6.56. The standard InChI is InChI=1S/C21H18BrCl2NO3/c1-27-18-7-6-13-14(4-3-5-15(13)21(18)22)20-16(23)10-12(11-17(20)24)25-9-8-19(26)28-2/h3-7,10-11,25H,8-9H2,1-2H3. The number of ether oxygens (including phenoxy) is 2. The van der Waals surface area contributed by atoms with Crippen LogP contribution in [0.1, 0.15) is 6.42 Å². The molecule has 0 aromatic heterocycles. The number of benzene rings is 3. The van der Waals surface area contributed by atoms with Gasteiger partial charge in [-0.05, 0) is 51.1 Å². The van der Waals surface area contributed by atoms with Crippen molar-refractivity contribution in [1.82, 2.24) is 0 Å². The van der Waals surface area contributed by atoms with Crippen LogP contribution in [0, 0.1) is 0 Å². The van der Waals surface area contributed by atoms with Crippen LogP contribution in [0.25, 0.3) is 21.9 Å². The highest BCUT2D eigenvalue weighted by atomic mass is 79.9. The van der Waals surface area contributed by atoms with Gasteiger partial charge < -0.3 is 14.8 Å². The summed E-state index contributed by atoms with van der Waals surface area (Å²) in [6.07, 6.45) is 0.257. The van der Waals surface area contributed by atoms with Gasteiger partial charge in [0.1, 0.15) is 5.75 Å². The quantitative estimate of drug-likeness (QED) is 0.404. The molecule has 0 aliphatic rings. The van der Waals surface area contributed by atoms with Gasteiger partial charge in [-0.2, -0.15) is 0 Å². The van der Waals surface area contributed by atoms with Crippen LogP contribution in [0.15, 0.2) is 46.9 Å². The van der Waals surface area contributed by atoms with Crippen LogP contribution in [-0.4, -0.2) is 26.7 Å². The zero-order valence-corrected chi connectivity index (χ0v) is 18.4. The van der Waals surface area contributed by atoms with Crippen molar-refractivity contribution in [3.8, 4) is 16.9 Å². The van der Waals surface area contributed by atoms with Crippen LogP contribution in [0.2, 0.25) is 10.0 Å². The fourth-order valence-corrected chi connectivity index (χ4v) is 4.35. The van der Waals surface area contributed by atoms with Crippen LogP contribution >= 0.6 is 39.1 Å². The van der Waals surface area contributed by atoms with E-state index in [0.29, 0.717) is 16.6 Å². The minimum Gasteiger partial charge on any atom is -0.496 e. The molecule has 0 spiro atoms. The van der Waals surface area contributed by atoms with Gasteiger partial charge in [0.15, 0.2) is 0 Å². The first-order chi connectivity index (χ1) is 13.5. The minimum atomic E-state index is -0.280. The molecule has 0 saturated carbocycles. The Morgan fingerprint density at radius 1 is 1.07 bits per heavy atom. The number of hydrogen-bond acceptors (Lipinski definition) is 4. The molecule has 3 aromatic carbocycles. The van der Waals surface area contributed by atoms with Crippen LogP contribution in [0.3, 0.4) is 0 Å². The third-order valence-corrected chi connectivity index (χ3v) is 5.79. The van der Waals surface area contributed by atoms with Gasteiger partial charge in [-0.25, -0.2) is 0 Å². The van der Waals surface area contributed by atoms with Crippen molar-refractivity contribution in [3.63, 3.8) is 0 Å². The smallest absolute Gasteiger partial charge is 0.307 e. The van der Waals surface area contributed by atoms with Gasteiger partial charge in [0.05, 0.1) is 35.2 Å². The molecule has 0 unspecified atom stereocenters. The number of anilines is 1. The number of fused-ring (bicyclic) bond motifs is 1. The predicted molar refractivity (Wildman–Crippen MR) is 119 cm³/mol. The molecule has 3 aromatic rings. The maximum absolute atomic E-state index is 11.2. The zero-order valence-electron chi connectivity index (χ0n) is 15.3. The van der Waals surface area contributed by atoms with Crippen molar-refractivity contribution in [2.75, 3.05) is 26.1 Å². The Bertz CT molecular complexity index is 1020. The van der Waals surface area contributed by atoms with Crippen LogP contribution in [0.5, 0.6) is 5.75 Å². The maximum atomic E-state index is 11.2. The van der Waals surface area contributed by atoms with Crippen LogP contribution in [-0.2, 0) is 9.53 Å². The number of halogens is 3. The average Bonchev–Trinajstić information content (AvgIpc) is 2.68. The van der Waals surface area contributed by atoms with E-state index in [2.05, 4.69) is 26.0 Å². The van der Waals surface area contributed by atoms with E-state index in [9.17, 15) is 4.79 Å². The molecule has 0 aliphatic heterocycles. The Balaban J connectivity index is 2.00. The fraction of sp³-hybridized carbons (Fsp3) is 0.190. The molecule has 0 bridgehead atoms. The molecule has 0 fully saturated rings. The van der Waals surface area contributed by atoms with E-state index in [1.165, 1.54) is 7.11 Å². The molecule has 3 rings (SSSR count). The first-order valence-corrected chi connectivity index (χ1v) is 10.1. The van der Waals surface area contributed by atoms with Gasteiger partial charge in [0.25, 0.3) is 0 Å². The van der Waals surface area contributed by atoms with Crippen molar-refractivity contribution in [1.29, 1.82) is 0 Å². The minimum absolute atomic E-state index is 0.257. The molecule has 0 saturated heterocycles. The lowest BCUT2D eigenvalue weighted by atomic mass is 9.97. The lowest BCUT2D eigenvalue weighted by molar-refractivity contribution is -0.140. The molecule has 0 radical (unpaired) electrons. The zero-order chi connectivity index (χ0) is 20.3. The third kappa shape index (κ3) is 4.22. The monoisotopic (exact) mass is 481 g/mol. The van der Waals surface area contributed by atoms with Crippen molar-refractivity contribution in [2.45, 2.75) is 6.42 Å². The summed E-state index contributed by atoms with van der Waals surface area (Å²) in [5, 5.41) is 6.19. The largest absolute Gasteiger partial charge is 0.496 e. The molecule has 0 atom stereocenters. The van der Waals surface area contributed by atoms with Crippen LogP contribution < -0.4 is 10.1 Å². The Kier molecular flexibility index (Phi) is 6.70. The van der Waals surface area contributed by atoms with Gasteiger partial charge in [-0.1, -0.05) is 41.4 Å². The summed E-state index contributed by atoms with van der Waals surface area (Å²) in [5.41, 5.74) is 2.42. The number of hydrogen-bond donors (Lipinski definition) is 1. The number of nitrogens with one attached hydrogen (secondary N) is 1. The number of carbonyl (C=O) groups is 1. The summed E-state index contributed by atoms with van der Waals surface area (Å²) >= 11 is 16.8. The fourth-order valence-electron chi connectivity index (χ4n) is 3.02. The lowest BCUT2D eigenvalue weighted by Gasteiger charge is -2.15. The molecular weight excluding hydrogens is 465 g/mol. The van der Waals surface area contributed by atoms with Gasteiger partial charge in [-0.15, -0.1) is 0 Å². The molecule has 1 N–H and O–H groups in total. The summed E-state index contributed by atoms with van der Waals surface area (Å²) < 4.78 is 10.9.